The zero-order valence-corrected chi connectivity index (χ0v) is 6.64. The summed E-state index contributed by atoms with van der Waals surface area (Å²) in [4.78, 5) is 3.78. The van der Waals surface area contributed by atoms with Gasteiger partial charge >= 0.3 is 0 Å². The van der Waals surface area contributed by atoms with Crippen LogP contribution in [0.15, 0.2) is 22.8 Å². The highest BCUT2D eigenvalue weighted by molar-refractivity contribution is 9.10. The Labute approximate surface area is 79.4 Å². The zero-order chi connectivity index (χ0) is 13.5. The van der Waals surface area contributed by atoms with Crippen LogP contribution in [0.25, 0.3) is 0 Å². The Balaban J connectivity index is 3.28. The second-order valence-corrected chi connectivity index (χ2v) is 2.41. The summed E-state index contributed by atoms with van der Waals surface area (Å²) in [6.07, 6.45) is -5.73. The van der Waals surface area contributed by atoms with E-state index in [1.807, 2.05) is 0 Å². The normalized spacial score (nSPS) is 24.3. The molecule has 0 radical (unpaired) electrons. The number of nitrogens with zero attached hydrogens (tertiary/aromatic N) is 1. The molecule has 54 valence electrons. The van der Waals surface area contributed by atoms with Crippen molar-refractivity contribution in [2.75, 3.05) is 0 Å². The van der Waals surface area contributed by atoms with E-state index in [2.05, 4.69) is 20.9 Å². The van der Waals surface area contributed by atoms with Crippen molar-refractivity contribution >= 4 is 15.9 Å². The summed E-state index contributed by atoms with van der Waals surface area (Å²) < 4.78 is 51.8. The van der Waals surface area contributed by atoms with E-state index in [9.17, 15) is 0 Å². The molecule has 1 aromatic rings. The molecule has 0 saturated heterocycles. The number of halogens is 1. The van der Waals surface area contributed by atoms with Gasteiger partial charge in [-0.05, 0) is 34.4 Å². The SMILES string of the molecule is [2H]C([2H])([2H])C([2H])([2H])C([2H])([2H])c1cccc(Br)n1. The first-order valence-corrected chi connectivity index (χ1v) is 3.42. The number of aromatic nitrogens is 1. The third-order valence-corrected chi connectivity index (χ3v) is 1.35. The Kier molecular flexibility index (Phi) is 0.963. The van der Waals surface area contributed by atoms with Gasteiger partial charge in [0.25, 0.3) is 0 Å². The number of pyridine rings is 1. The van der Waals surface area contributed by atoms with Crippen molar-refractivity contribution in [2.24, 2.45) is 0 Å². The lowest BCUT2D eigenvalue weighted by molar-refractivity contribution is 0.878. The summed E-state index contributed by atoms with van der Waals surface area (Å²) >= 11 is 3.03. The molecule has 0 aliphatic carbocycles. The summed E-state index contributed by atoms with van der Waals surface area (Å²) in [6, 6.07) is 4.28. The molecule has 0 aromatic carbocycles. The topological polar surface area (TPSA) is 12.9 Å². The van der Waals surface area contributed by atoms with Crippen molar-refractivity contribution in [1.29, 1.82) is 0 Å². The van der Waals surface area contributed by atoms with E-state index in [-0.39, 0.29) is 5.69 Å². The van der Waals surface area contributed by atoms with Crippen LogP contribution in [0, 0.1) is 0 Å². The summed E-state index contributed by atoms with van der Waals surface area (Å²) in [5.74, 6) is 0. The van der Waals surface area contributed by atoms with E-state index >= 15 is 0 Å². The van der Waals surface area contributed by atoms with Gasteiger partial charge in [0.2, 0.25) is 0 Å². The first-order valence-electron chi connectivity index (χ1n) is 6.13. The Bertz CT molecular complexity index is 415. The first kappa shape index (κ1) is 2.59. The molecule has 0 bridgehead atoms. The van der Waals surface area contributed by atoms with Crippen LogP contribution in [-0.2, 0) is 6.37 Å². The second kappa shape index (κ2) is 3.71. The zero-order valence-electron chi connectivity index (χ0n) is 12.1. The summed E-state index contributed by atoms with van der Waals surface area (Å²) in [5, 5.41) is 0. The third-order valence-electron chi connectivity index (χ3n) is 0.906. The van der Waals surface area contributed by atoms with Crippen LogP contribution >= 0.6 is 15.9 Å². The van der Waals surface area contributed by atoms with Crippen molar-refractivity contribution in [3.05, 3.63) is 28.5 Å². The quantitative estimate of drug-likeness (QED) is 0.679. The van der Waals surface area contributed by atoms with Crippen LogP contribution in [0.3, 0.4) is 0 Å². The predicted octanol–water partition coefficient (Wildman–Crippen LogP) is 2.80. The molecule has 0 unspecified atom stereocenters. The number of rotatable bonds is 2. The van der Waals surface area contributed by atoms with Crippen LogP contribution in [-0.4, -0.2) is 4.98 Å². The Morgan fingerprint density at radius 1 is 1.80 bits per heavy atom. The minimum atomic E-state index is -3.07. The number of aryl methyl sites for hydroxylation is 1. The minimum Gasteiger partial charge on any atom is -0.246 e. The molecule has 0 N–H and O–H groups in total. The molecule has 0 fully saturated rings. The maximum absolute atomic E-state index is 7.67. The van der Waals surface area contributed by atoms with Gasteiger partial charge < -0.3 is 0 Å². The highest BCUT2D eigenvalue weighted by Crippen LogP contribution is 2.07. The fraction of sp³-hybridized carbons (Fsp3) is 0.375. The smallest absolute Gasteiger partial charge is 0.106 e. The molecule has 0 aliphatic rings. The number of hydrogen-bond acceptors (Lipinski definition) is 1. The van der Waals surface area contributed by atoms with Gasteiger partial charge in [-0.2, -0.15) is 0 Å². The van der Waals surface area contributed by atoms with Gasteiger partial charge in [-0.25, -0.2) is 4.98 Å². The molecular formula is C8H10BrN. The van der Waals surface area contributed by atoms with Crippen LogP contribution in [0.1, 0.15) is 28.5 Å². The van der Waals surface area contributed by atoms with Crippen LogP contribution in [0.4, 0.5) is 0 Å². The van der Waals surface area contributed by atoms with Crippen LogP contribution in [0.5, 0.6) is 0 Å². The van der Waals surface area contributed by atoms with Gasteiger partial charge in [0.15, 0.2) is 0 Å². The molecule has 0 atom stereocenters. The van der Waals surface area contributed by atoms with E-state index in [0.717, 1.165) is 0 Å². The fourth-order valence-electron chi connectivity index (χ4n) is 0.542. The molecule has 1 heterocycles. The lowest BCUT2D eigenvalue weighted by Crippen LogP contribution is -1.87. The average molecular weight is 207 g/mol. The number of hydrogen-bond donors (Lipinski definition) is 0. The highest BCUT2D eigenvalue weighted by atomic mass is 79.9. The first-order chi connectivity index (χ1) is 7.50. The standard InChI is InChI=1S/C8H10BrN/c1-2-4-7-5-3-6-8(9)10-7/h3,5-6H,2,4H2,1H3/i1D3,2D2,4D2. The van der Waals surface area contributed by atoms with Gasteiger partial charge in [-0.1, -0.05) is 19.3 Å². The van der Waals surface area contributed by atoms with Crippen molar-refractivity contribution in [3.63, 3.8) is 0 Å². The monoisotopic (exact) mass is 206 g/mol. The largest absolute Gasteiger partial charge is 0.246 e. The maximum atomic E-state index is 7.67. The highest BCUT2D eigenvalue weighted by Gasteiger charge is 1.91. The van der Waals surface area contributed by atoms with E-state index in [0.29, 0.717) is 4.60 Å². The maximum Gasteiger partial charge on any atom is 0.106 e. The Hall–Kier alpha value is -0.370. The van der Waals surface area contributed by atoms with E-state index in [1.54, 1.807) is 6.07 Å². The van der Waals surface area contributed by atoms with Gasteiger partial charge in [0.1, 0.15) is 4.60 Å². The van der Waals surface area contributed by atoms with Crippen molar-refractivity contribution in [1.82, 2.24) is 4.98 Å². The minimum absolute atomic E-state index is 0.256. The molecule has 10 heavy (non-hydrogen) atoms. The fourth-order valence-corrected chi connectivity index (χ4v) is 0.886. The van der Waals surface area contributed by atoms with E-state index in [1.165, 1.54) is 12.1 Å². The summed E-state index contributed by atoms with van der Waals surface area (Å²) in [6.45, 7) is -3.07. The van der Waals surface area contributed by atoms with Crippen molar-refractivity contribution in [3.8, 4) is 0 Å². The molecule has 1 nitrogen and oxygen atoms in total. The molecule has 0 saturated carbocycles. The van der Waals surface area contributed by atoms with Gasteiger partial charge in [0, 0.05) is 15.3 Å². The van der Waals surface area contributed by atoms with Crippen molar-refractivity contribution in [2.45, 2.75) is 19.6 Å². The van der Waals surface area contributed by atoms with Gasteiger partial charge in [-0.3, -0.25) is 0 Å². The second-order valence-electron chi connectivity index (χ2n) is 1.60. The molecule has 1 aromatic heterocycles. The van der Waals surface area contributed by atoms with Gasteiger partial charge in [-0.15, -0.1) is 0 Å². The van der Waals surface area contributed by atoms with Crippen LogP contribution in [0.2, 0.25) is 0 Å². The lowest BCUT2D eigenvalue weighted by atomic mass is 10.2. The van der Waals surface area contributed by atoms with Gasteiger partial charge in [0.05, 0.1) is 0 Å². The molecule has 2 heteroatoms. The van der Waals surface area contributed by atoms with Crippen LogP contribution < -0.4 is 0 Å². The molecular weight excluding hydrogens is 190 g/mol. The Morgan fingerprint density at radius 3 is 3.40 bits per heavy atom. The van der Waals surface area contributed by atoms with E-state index in [4.69, 9.17) is 9.60 Å². The predicted molar refractivity (Wildman–Crippen MR) is 45.9 cm³/mol. The Morgan fingerprint density at radius 2 is 2.70 bits per heavy atom. The van der Waals surface area contributed by atoms with Crippen molar-refractivity contribution < 1.29 is 9.60 Å². The molecule has 1 rings (SSSR count). The van der Waals surface area contributed by atoms with E-state index < -0.39 is 19.6 Å². The average Bonchev–Trinajstić information content (AvgIpc) is 2.15. The molecule has 0 spiro atoms. The molecule has 0 amide bonds. The molecule has 0 aliphatic heterocycles. The summed E-state index contributed by atoms with van der Waals surface area (Å²) in [5.41, 5.74) is -0.256. The lowest BCUT2D eigenvalue weighted by Gasteiger charge is -1.95. The summed E-state index contributed by atoms with van der Waals surface area (Å²) in [7, 11) is 0. The third kappa shape index (κ3) is 2.10.